The van der Waals surface area contributed by atoms with Crippen molar-refractivity contribution in [1.29, 1.82) is 0 Å². The molecule has 2 N–H and O–H groups in total. The number of aromatic nitrogens is 2. The monoisotopic (exact) mass is 223 g/mol. The maximum Gasteiger partial charge on any atom is 0.139 e. The first kappa shape index (κ1) is 9.90. The van der Waals surface area contributed by atoms with Crippen molar-refractivity contribution < 1.29 is 0 Å². The van der Waals surface area contributed by atoms with Crippen molar-refractivity contribution in [3.63, 3.8) is 0 Å². The van der Waals surface area contributed by atoms with Gasteiger partial charge in [0.1, 0.15) is 5.65 Å². The van der Waals surface area contributed by atoms with E-state index >= 15 is 0 Å². The van der Waals surface area contributed by atoms with Gasteiger partial charge in [0.15, 0.2) is 0 Å². The highest BCUT2D eigenvalue weighted by Gasteiger charge is 2.09. The summed E-state index contributed by atoms with van der Waals surface area (Å²) in [5.41, 5.74) is 10.7. The van der Waals surface area contributed by atoms with Crippen LogP contribution >= 0.6 is 0 Å². The van der Waals surface area contributed by atoms with E-state index in [0.717, 1.165) is 28.3 Å². The summed E-state index contributed by atoms with van der Waals surface area (Å²) in [6.07, 6.45) is 1.96. The van der Waals surface area contributed by atoms with Crippen molar-refractivity contribution in [2.24, 2.45) is 0 Å². The first-order valence-electron chi connectivity index (χ1n) is 5.55. The quantitative estimate of drug-likeness (QED) is 0.689. The molecule has 0 atom stereocenters. The number of nitrogen functional groups attached to an aromatic ring is 1. The number of hydrogen-bond donors (Lipinski definition) is 1. The minimum Gasteiger partial charge on any atom is -0.399 e. The molecule has 84 valence electrons. The van der Waals surface area contributed by atoms with Gasteiger partial charge in [0, 0.05) is 29.2 Å². The average Bonchev–Trinajstić information content (AvgIpc) is 2.67. The molecule has 0 bridgehead atoms. The van der Waals surface area contributed by atoms with Crippen molar-refractivity contribution in [3.05, 3.63) is 54.4 Å². The standard InChI is InChI=1S/C14H13N3/c1-10-14(11-5-3-2-4-6-11)16-13-9-12(15)7-8-17(10)13/h2-9H,15H2,1H3. The van der Waals surface area contributed by atoms with E-state index in [4.69, 9.17) is 5.73 Å². The summed E-state index contributed by atoms with van der Waals surface area (Å²) < 4.78 is 2.05. The fraction of sp³-hybridized carbons (Fsp3) is 0.0714. The molecule has 2 aromatic heterocycles. The lowest BCUT2D eigenvalue weighted by atomic mass is 10.1. The first-order chi connectivity index (χ1) is 8.25. The summed E-state index contributed by atoms with van der Waals surface area (Å²) in [5, 5.41) is 0. The number of nitrogens with two attached hydrogens (primary N) is 1. The molecule has 0 unspecified atom stereocenters. The van der Waals surface area contributed by atoms with Gasteiger partial charge in [-0.15, -0.1) is 0 Å². The molecular weight excluding hydrogens is 210 g/mol. The van der Waals surface area contributed by atoms with Gasteiger partial charge in [-0.05, 0) is 13.0 Å². The predicted molar refractivity (Wildman–Crippen MR) is 69.8 cm³/mol. The van der Waals surface area contributed by atoms with Crippen LogP contribution in [0.2, 0.25) is 0 Å². The Hall–Kier alpha value is -2.29. The van der Waals surface area contributed by atoms with E-state index < -0.39 is 0 Å². The highest BCUT2D eigenvalue weighted by molar-refractivity contribution is 5.67. The predicted octanol–water partition coefficient (Wildman–Crippen LogP) is 2.89. The van der Waals surface area contributed by atoms with Crippen LogP contribution in [0, 0.1) is 6.92 Å². The van der Waals surface area contributed by atoms with E-state index in [-0.39, 0.29) is 0 Å². The van der Waals surface area contributed by atoms with E-state index in [9.17, 15) is 0 Å². The van der Waals surface area contributed by atoms with E-state index in [2.05, 4.69) is 28.4 Å². The normalized spacial score (nSPS) is 10.9. The minimum atomic E-state index is 0.738. The molecule has 0 aliphatic carbocycles. The molecule has 0 aliphatic heterocycles. The number of pyridine rings is 1. The minimum absolute atomic E-state index is 0.738. The summed E-state index contributed by atoms with van der Waals surface area (Å²) >= 11 is 0. The van der Waals surface area contributed by atoms with Crippen LogP contribution in [0.4, 0.5) is 5.69 Å². The Morgan fingerprint density at radius 3 is 2.65 bits per heavy atom. The number of imidazole rings is 1. The molecule has 0 saturated carbocycles. The second kappa shape index (κ2) is 3.63. The lowest BCUT2D eigenvalue weighted by molar-refractivity contribution is 1.11. The van der Waals surface area contributed by atoms with Crippen LogP contribution in [0.5, 0.6) is 0 Å². The number of nitrogens with zero attached hydrogens (tertiary/aromatic N) is 2. The van der Waals surface area contributed by atoms with Crippen molar-refractivity contribution in [3.8, 4) is 11.3 Å². The van der Waals surface area contributed by atoms with Crippen molar-refractivity contribution in [1.82, 2.24) is 9.38 Å². The summed E-state index contributed by atoms with van der Waals surface area (Å²) in [4.78, 5) is 4.63. The number of hydrogen-bond acceptors (Lipinski definition) is 2. The smallest absolute Gasteiger partial charge is 0.139 e. The zero-order valence-corrected chi connectivity index (χ0v) is 9.59. The van der Waals surface area contributed by atoms with Crippen LogP contribution in [-0.2, 0) is 0 Å². The second-order valence-corrected chi connectivity index (χ2v) is 4.10. The number of fused-ring (bicyclic) bond motifs is 1. The van der Waals surface area contributed by atoms with Gasteiger partial charge >= 0.3 is 0 Å². The molecule has 3 heteroatoms. The third kappa shape index (κ3) is 1.56. The van der Waals surface area contributed by atoms with Gasteiger partial charge in [0.05, 0.1) is 5.69 Å². The van der Waals surface area contributed by atoms with E-state index in [1.807, 2.05) is 36.5 Å². The zero-order valence-electron chi connectivity index (χ0n) is 9.59. The van der Waals surface area contributed by atoms with Gasteiger partial charge in [0.25, 0.3) is 0 Å². The Bertz CT molecular complexity index is 669. The van der Waals surface area contributed by atoms with Gasteiger partial charge in [-0.25, -0.2) is 4.98 Å². The topological polar surface area (TPSA) is 43.3 Å². The van der Waals surface area contributed by atoms with E-state index in [0.29, 0.717) is 0 Å². The highest BCUT2D eigenvalue weighted by Crippen LogP contribution is 2.24. The van der Waals surface area contributed by atoms with Crippen molar-refractivity contribution in [2.45, 2.75) is 6.92 Å². The van der Waals surface area contributed by atoms with Crippen molar-refractivity contribution in [2.75, 3.05) is 5.73 Å². The molecular formula is C14H13N3. The molecule has 0 saturated heterocycles. The summed E-state index contributed by atoms with van der Waals surface area (Å²) in [7, 11) is 0. The molecule has 1 aromatic carbocycles. The number of aryl methyl sites for hydroxylation is 1. The van der Waals surface area contributed by atoms with Gasteiger partial charge in [0.2, 0.25) is 0 Å². The second-order valence-electron chi connectivity index (χ2n) is 4.10. The largest absolute Gasteiger partial charge is 0.399 e. The lowest BCUT2D eigenvalue weighted by Gasteiger charge is -1.99. The summed E-state index contributed by atoms with van der Waals surface area (Å²) in [5.74, 6) is 0. The van der Waals surface area contributed by atoms with Crippen molar-refractivity contribution >= 4 is 11.3 Å². The molecule has 0 radical (unpaired) electrons. The number of anilines is 1. The van der Waals surface area contributed by atoms with Crippen LogP contribution in [0.15, 0.2) is 48.7 Å². The lowest BCUT2D eigenvalue weighted by Crippen LogP contribution is -1.90. The van der Waals surface area contributed by atoms with Crippen LogP contribution in [0.1, 0.15) is 5.69 Å². The maximum absolute atomic E-state index is 5.77. The van der Waals surface area contributed by atoms with Gasteiger partial charge < -0.3 is 10.1 Å². The third-order valence-electron chi connectivity index (χ3n) is 2.94. The molecule has 0 spiro atoms. The van der Waals surface area contributed by atoms with Gasteiger partial charge in [-0.3, -0.25) is 0 Å². The average molecular weight is 223 g/mol. The van der Waals surface area contributed by atoms with Gasteiger partial charge in [-0.2, -0.15) is 0 Å². The maximum atomic E-state index is 5.77. The van der Waals surface area contributed by atoms with Gasteiger partial charge in [-0.1, -0.05) is 30.3 Å². The number of benzene rings is 1. The molecule has 0 amide bonds. The molecule has 0 fully saturated rings. The van der Waals surface area contributed by atoms with E-state index in [1.54, 1.807) is 0 Å². The third-order valence-corrected chi connectivity index (χ3v) is 2.94. The molecule has 3 aromatic rings. The Kier molecular flexibility index (Phi) is 2.11. The molecule has 0 aliphatic rings. The Morgan fingerprint density at radius 2 is 1.88 bits per heavy atom. The van der Waals surface area contributed by atoms with E-state index in [1.165, 1.54) is 0 Å². The number of rotatable bonds is 1. The fourth-order valence-corrected chi connectivity index (χ4v) is 2.05. The van der Waals surface area contributed by atoms with Crippen LogP contribution in [0.25, 0.3) is 16.9 Å². The molecule has 3 rings (SSSR count). The highest BCUT2D eigenvalue weighted by atomic mass is 15.0. The van der Waals surface area contributed by atoms with Crippen LogP contribution in [0.3, 0.4) is 0 Å². The van der Waals surface area contributed by atoms with Crippen LogP contribution < -0.4 is 5.73 Å². The Labute approximate surface area is 99.5 Å². The SMILES string of the molecule is Cc1c(-c2ccccc2)nc2cc(N)ccn12. The first-order valence-corrected chi connectivity index (χ1v) is 5.55. The summed E-state index contributed by atoms with van der Waals surface area (Å²) in [6, 6.07) is 14.0. The molecule has 3 nitrogen and oxygen atoms in total. The Balaban J connectivity index is 2.28. The Morgan fingerprint density at radius 1 is 1.12 bits per heavy atom. The fourth-order valence-electron chi connectivity index (χ4n) is 2.05. The molecule has 2 heterocycles. The molecule has 17 heavy (non-hydrogen) atoms. The zero-order chi connectivity index (χ0) is 11.8. The van der Waals surface area contributed by atoms with Crippen LogP contribution in [-0.4, -0.2) is 9.38 Å². The summed E-state index contributed by atoms with van der Waals surface area (Å²) in [6.45, 7) is 2.07.